The molecule has 0 aliphatic heterocycles. The van der Waals surface area contributed by atoms with E-state index in [0.29, 0.717) is 0 Å². The summed E-state index contributed by atoms with van der Waals surface area (Å²) in [6, 6.07) is 6.59. The first-order valence-corrected chi connectivity index (χ1v) is 10.8. The number of amides is 2. The van der Waals surface area contributed by atoms with Crippen molar-refractivity contribution in [3.05, 3.63) is 76.3 Å². The van der Waals surface area contributed by atoms with Crippen molar-refractivity contribution in [1.29, 1.82) is 0 Å². The monoisotopic (exact) mass is 514 g/mol. The Balaban J connectivity index is 1.75. The summed E-state index contributed by atoms with van der Waals surface area (Å²) >= 11 is 11.2. The SMILES string of the molecule is C=CC(C[C@@H](O)CC(=O)NCC(=O)c1ccc(Cl)c(F)c1)NC(=O)COc1ccc(Cl)c(F)c1. The maximum atomic E-state index is 13.5. The summed E-state index contributed by atoms with van der Waals surface area (Å²) in [5, 5.41) is 14.8. The zero-order valence-electron chi connectivity index (χ0n) is 17.8. The number of carbonyl (C=O) groups is 3. The molecule has 2 rings (SSSR count). The summed E-state index contributed by atoms with van der Waals surface area (Å²) in [5.74, 6) is -3.03. The lowest BCUT2D eigenvalue weighted by Gasteiger charge is -2.18. The van der Waals surface area contributed by atoms with Crippen LogP contribution in [-0.4, -0.2) is 48.0 Å². The molecule has 0 aromatic heterocycles. The van der Waals surface area contributed by atoms with E-state index >= 15 is 0 Å². The van der Waals surface area contributed by atoms with Gasteiger partial charge in [-0.3, -0.25) is 14.4 Å². The third-order valence-electron chi connectivity index (χ3n) is 4.53. The first-order valence-electron chi connectivity index (χ1n) is 10.0. The van der Waals surface area contributed by atoms with Gasteiger partial charge < -0.3 is 20.5 Å². The standard InChI is InChI=1S/C23H22Cl2F2N2O5/c1-2-14(29-23(33)12-34-16-4-6-18(25)20(27)10-16)8-15(30)9-22(32)28-11-21(31)13-3-5-17(24)19(26)7-13/h2-7,10,14-15,30H,1,8-9,11-12H2,(H,28,32)(H,29,33)/t14?,15-/m1/s1. The van der Waals surface area contributed by atoms with Crippen LogP contribution in [0.5, 0.6) is 5.75 Å². The van der Waals surface area contributed by atoms with Crippen molar-refractivity contribution >= 4 is 40.8 Å². The van der Waals surface area contributed by atoms with Gasteiger partial charge in [0.1, 0.15) is 17.4 Å². The van der Waals surface area contributed by atoms with Crippen molar-refractivity contribution in [1.82, 2.24) is 10.6 Å². The fourth-order valence-corrected chi connectivity index (χ4v) is 3.03. The van der Waals surface area contributed by atoms with E-state index < -0.39 is 54.5 Å². The van der Waals surface area contributed by atoms with Gasteiger partial charge in [-0.15, -0.1) is 6.58 Å². The molecule has 34 heavy (non-hydrogen) atoms. The molecule has 2 aromatic carbocycles. The van der Waals surface area contributed by atoms with E-state index in [1.807, 2.05) is 0 Å². The molecule has 0 aliphatic carbocycles. The number of nitrogens with one attached hydrogen (secondary N) is 2. The first-order chi connectivity index (χ1) is 16.1. The number of ketones is 1. The second kappa shape index (κ2) is 13.0. The van der Waals surface area contributed by atoms with Crippen LogP contribution < -0.4 is 15.4 Å². The molecule has 2 amide bonds. The van der Waals surface area contributed by atoms with E-state index in [2.05, 4.69) is 17.2 Å². The van der Waals surface area contributed by atoms with Crippen LogP contribution in [0.25, 0.3) is 0 Å². The summed E-state index contributed by atoms with van der Waals surface area (Å²) in [6.45, 7) is 2.76. The smallest absolute Gasteiger partial charge is 0.258 e. The van der Waals surface area contributed by atoms with E-state index in [1.54, 1.807) is 0 Å². The van der Waals surface area contributed by atoms with Gasteiger partial charge in [-0.25, -0.2) is 8.78 Å². The molecular weight excluding hydrogens is 493 g/mol. The van der Waals surface area contributed by atoms with Gasteiger partial charge in [-0.05, 0) is 36.8 Å². The molecule has 2 aromatic rings. The van der Waals surface area contributed by atoms with Crippen molar-refractivity contribution < 1.29 is 33.0 Å². The fraction of sp³-hybridized carbons (Fsp3) is 0.261. The third kappa shape index (κ3) is 8.74. The highest BCUT2D eigenvalue weighted by molar-refractivity contribution is 6.31. The predicted molar refractivity (Wildman–Crippen MR) is 123 cm³/mol. The molecule has 0 radical (unpaired) electrons. The summed E-state index contributed by atoms with van der Waals surface area (Å²) in [4.78, 5) is 36.1. The number of benzene rings is 2. The number of halogens is 4. The van der Waals surface area contributed by atoms with E-state index in [0.717, 1.165) is 12.1 Å². The number of hydrogen-bond donors (Lipinski definition) is 3. The third-order valence-corrected chi connectivity index (χ3v) is 5.14. The Morgan fingerprint density at radius 3 is 2.32 bits per heavy atom. The topological polar surface area (TPSA) is 105 Å². The normalized spacial score (nSPS) is 12.4. The molecule has 0 bridgehead atoms. The number of carbonyl (C=O) groups excluding carboxylic acids is 3. The van der Waals surface area contributed by atoms with Gasteiger partial charge in [0, 0.05) is 17.7 Å². The first kappa shape index (κ1) is 27.2. The van der Waals surface area contributed by atoms with Gasteiger partial charge in [0.15, 0.2) is 12.4 Å². The summed E-state index contributed by atoms with van der Waals surface area (Å²) in [5.41, 5.74) is 0.0424. The van der Waals surface area contributed by atoms with Crippen molar-refractivity contribution in [2.75, 3.05) is 13.2 Å². The Hall–Kier alpha value is -3.01. The molecule has 0 aliphatic rings. The zero-order chi connectivity index (χ0) is 25.3. The molecule has 2 atom stereocenters. The van der Waals surface area contributed by atoms with Crippen LogP contribution >= 0.6 is 23.2 Å². The van der Waals surface area contributed by atoms with E-state index in [1.165, 1.54) is 30.3 Å². The maximum Gasteiger partial charge on any atom is 0.258 e. The quantitative estimate of drug-likeness (QED) is 0.297. The number of aliphatic hydroxyl groups excluding tert-OH is 1. The van der Waals surface area contributed by atoms with Gasteiger partial charge >= 0.3 is 0 Å². The molecule has 1 unspecified atom stereocenters. The number of hydrogen-bond acceptors (Lipinski definition) is 5. The minimum Gasteiger partial charge on any atom is -0.484 e. The van der Waals surface area contributed by atoms with Crippen LogP contribution in [0.2, 0.25) is 10.0 Å². The Kier molecular flexibility index (Phi) is 10.4. The summed E-state index contributed by atoms with van der Waals surface area (Å²) in [7, 11) is 0. The Morgan fingerprint density at radius 2 is 1.71 bits per heavy atom. The Morgan fingerprint density at radius 1 is 1.06 bits per heavy atom. The number of Topliss-reactive ketones (excluding diaryl/α,β-unsaturated/α-hetero) is 1. The van der Waals surface area contributed by atoms with Crippen LogP contribution in [0.15, 0.2) is 49.1 Å². The second-order valence-corrected chi connectivity index (χ2v) is 8.01. The molecule has 0 saturated carbocycles. The van der Waals surface area contributed by atoms with E-state index in [4.69, 9.17) is 27.9 Å². The average Bonchev–Trinajstić information content (AvgIpc) is 2.79. The lowest BCUT2D eigenvalue weighted by molar-refractivity contribution is -0.123. The second-order valence-electron chi connectivity index (χ2n) is 7.20. The fourth-order valence-electron chi connectivity index (χ4n) is 2.79. The molecule has 0 saturated heterocycles. The van der Waals surface area contributed by atoms with Crippen LogP contribution in [0.1, 0.15) is 23.2 Å². The van der Waals surface area contributed by atoms with Crippen LogP contribution in [0, 0.1) is 11.6 Å². The summed E-state index contributed by atoms with van der Waals surface area (Å²) in [6.07, 6.45) is -0.158. The Bertz CT molecular complexity index is 1070. The van der Waals surface area contributed by atoms with Gasteiger partial charge in [-0.2, -0.15) is 0 Å². The molecule has 7 nitrogen and oxygen atoms in total. The minimum atomic E-state index is -1.15. The number of aliphatic hydroxyl groups is 1. The largest absolute Gasteiger partial charge is 0.484 e. The molecule has 0 fully saturated rings. The lowest BCUT2D eigenvalue weighted by Crippen LogP contribution is -2.40. The Labute approximate surface area is 204 Å². The number of rotatable bonds is 12. The van der Waals surface area contributed by atoms with Crippen molar-refractivity contribution in [3.63, 3.8) is 0 Å². The molecular formula is C23H22Cl2F2N2O5. The molecule has 3 N–H and O–H groups in total. The molecule has 182 valence electrons. The highest BCUT2D eigenvalue weighted by Crippen LogP contribution is 2.20. The van der Waals surface area contributed by atoms with Gasteiger partial charge in [0.05, 0.1) is 29.1 Å². The van der Waals surface area contributed by atoms with Gasteiger partial charge in [0.2, 0.25) is 5.91 Å². The number of ether oxygens (including phenoxy) is 1. The van der Waals surface area contributed by atoms with Crippen LogP contribution in [-0.2, 0) is 9.59 Å². The molecule has 11 heteroatoms. The summed E-state index contributed by atoms with van der Waals surface area (Å²) < 4.78 is 32.0. The predicted octanol–water partition coefficient (Wildman–Crippen LogP) is 3.46. The molecule has 0 spiro atoms. The highest BCUT2D eigenvalue weighted by atomic mass is 35.5. The van der Waals surface area contributed by atoms with Crippen molar-refractivity contribution in [2.45, 2.75) is 25.0 Å². The molecule has 0 heterocycles. The van der Waals surface area contributed by atoms with Crippen molar-refractivity contribution in [2.24, 2.45) is 0 Å². The lowest BCUT2D eigenvalue weighted by atomic mass is 10.1. The van der Waals surface area contributed by atoms with Crippen LogP contribution in [0.3, 0.4) is 0 Å². The van der Waals surface area contributed by atoms with Gasteiger partial charge in [-0.1, -0.05) is 29.3 Å². The minimum absolute atomic E-state index is 0.0332. The highest BCUT2D eigenvalue weighted by Gasteiger charge is 2.18. The maximum absolute atomic E-state index is 13.5. The average molecular weight is 515 g/mol. The van der Waals surface area contributed by atoms with E-state index in [-0.39, 0.29) is 34.2 Å². The van der Waals surface area contributed by atoms with E-state index in [9.17, 15) is 28.3 Å². The van der Waals surface area contributed by atoms with Crippen molar-refractivity contribution in [3.8, 4) is 5.75 Å². The van der Waals surface area contributed by atoms with Gasteiger partial charge in [0.25, 0.3) is 5.91 Å². The zero-order valence-corrected chi connectivity index (χ0v) is 19.3. The van der Waals surface area contributed by atoms with Crippen LogP contribution in [0.4, 0.5) is 8.78 Å².